The molecule has 2 atom stereocenters. The fraction of sp³-hybridized carbons (Fsp3) is 0.483. The molecular formula is C58H70N8O7. The van der Waals surface area contributed by atoms with Crippen molar-refractivity contribution in [2.75, 3.05) is 51.1 Å². The van der Waals surface area contributed by atoms with Crippen LogP contribution >= 0.6 is 0 Å². The number of benzene rings is 4. The average Bonchev–Trinajstić information content (AvgIpc) is 3.60. The first-order valence-electron chi connectivity index (χ1n) is 26.2. The Hall–Kier alpha value is -6.92. The number of imidazole rings is 1. The Morgan fingerprint density at radius 1 is 0.836 bits per heavy atom. The van der Waals surface area contributed by atoms with Crippen LogP contribution in [0.5, 0.6) is 0 Å². The minimum absolute atomic E-state index is 0.0748. The summed E-state index contributed by atoms with van der Waals surface area (Å²) in [5.41, 5.74) is 6.10. The Morgan fingerprint density at radius 3 is 2.30 bits per heavy atom. The van der Waals surface area contributed by atoms with Gasteiger partial charge in [-0.1, -0.05) is 54.3 Å². The summed E-state index contributed by atoms with van der Waals surface area (Å²) in [4.78, 5) is 83.3. The molecule has 5 amide bonds. The molecule has 1 aromatic heterocycles. The van der Waals surface area contributed by atoms with E-state index in [1.54, 1.807) is 16.5 Å². The molecule has 2 unspecified atom stereocenters. The predicted molar refractivity (Wildman–Crippen MR) is 283 cm³/mol. The zero-order valence-electron chi connectivity index (χ0n) is 43.2. The largest absolute Gasteiger partial charge is 0.444 e. The topological polar surface area (TPSA) is 167 Å². The maximum atomic E-state index is 13.8. The molecule has 0 radical (unpaired) electrons. The number of amides is 5. The normalized spacial score (nSPS) is 18.7. The zero-order chi connectivity index (χ0) is 51.6. The van der Waals surface area contributed by atoms with Crippen LogP contribution in [0.15, 0.2) is 77.6 Å². The standard InChI is InChI=1S/C58H70N8O7/c1-37-14-19-43(60-44-35-65(36-44)57(72)73-58(3,4)5)34-48(37)54(69)59-38(2)45-20-17-41(46-11-7-8-12-47(45)46)16-15-39-24-29-63(30-25-39)28-10-9-13-53(68)64-31-26-40(27-32-64)42-18-21-49-51(33-42)62(6)56(71)66(49)50-22-23-52(67)61-55(50)70/h7-8,11-12,14,17-21,33-34,38-40,44,50,60H,9-10,13,22-32,35-36H2,1-6H3,(H,59,69)(H,61,67,70). The van der Waals surface area contributed by atoms with Crippen LogP contribution < -0.4 is 21.6 Å². The summed E-state index contributed by atoms with van der Waals surface area (Å²) in [7, 11) is 1.72. The minimum Gasteiger partial charge on any atom is -0.444 e. The first-order chi connectivity index (χ1) is 35.0. The maximum Gasteiger partial charge on any atom is 0.410 e. The van der Waals surface area contributed by atoms with Crippen molar-refractivity contribution in [3.63, 3.8) is 0 Å². The summed E-state index contributed by atoms with van der Waals surface area (Å²) >= 11 is 0. The Morgan fingerprint density at radius 2 is 1.58 bits per heavy atom. The Balaban J connectivity index is 0.706. The highest BCUT2D eigenvalue weighted by Gasteiger charge is 2.35. The highest BCUT2D eigenvalue weighted by atomic mass is 16.6. The third-order valence-corrected chi connectivity index (χ3v) is 15.2. The molecule has 15 heteroatoms. The van der Waals surface area contributed by atoms with Gasteiger partial charge in [0.25, 0.3) is 5.91 Å². The second kappa shape index (κ2) is 21.7. The van der Waals surface area contributed by atoms with Crippen LogP contribution in [0.4, 0.5) is 10.5 Å². The number of fused-ring (bicyclic) bond motifs is 2. The summed E-state index contributed by atoms with van der Waals surface area (Å²) in [6.07, 6.45) is 6.32. The molecule has 4 aromatic carbocycles. The number of anilines is 1. The molecule has 384 valence electrons. The van der Waals surface area contributed by atoms with Crippen molar-refractivity contribution >= 4 is 57.2 Å². The van der Waals surface area contributed by atoms with Crippen molar-refractivity contribution in [1.82, 2.24) is 34.5 Å². The fourth-order valence-electron chi connectivity index (χ4n) is 11.0. The van der Waals surface area contributed by atoms with Crippen LogP contribution in [0, 0.1) is 24.7 Å². The summed E-state index contributed by atoms with van der Waals surface area (Å²) in [5, 5.41) is 11.2. The maximum absolute atomic E-state index is 13.8. The first-order valence-corrected chi connectivity index (χ1v) is 26.2. The first kappa shape index (κ1) is 51.0. The predicted octanol–water partition coefficient (Wildman–Crippen LogP) is 7.94. The van der Waals surface area contributed by atoms with Gasteiger partial charge in [0.15, 0.2) is 0 Å². The highest BCUT2D eigenvalue weighted by Crippen LogP contribution is 2.33. The van der Waals surface area contributed by atoms with Crippen molar-refractivity contribution < 1.29 is 28.7 Å². The lowest BCUT2D eigenvalue weighted by atomic mass is 9.89. The number of ether oxygens (including phenoxy) is 1. The van der Waals surface area contributed by atoms with Gasteiger partial charge in [-0.05, 0) is 163 Å². The molecule has 0 spiro atoms. The molecule has 4 aliphatic heterocycles. The lowest BCUT2D eigenvalue weighted by molar-refractivity contribution is -0.136. The number of carbonyl (C=O) groups excluding carboxylic acids is 5. The number of hydrogen-bond acceptors (Lipinski definition) is 9. The summed E-state index contributed by atoms with van der Waals surface area (Å²) in [6.45, 7) is 15.0. The van der Waals surface area contributed by atoms with E-state index < -0.39 is 17.6 Å². The van der Waals surface area contributed by atoms with E-state index in [1.165, 1.54) is 4.57 Å². The Labute approximate surface area is 428 Å². The lowest BCUT2D eigenvalue weighted by Crippen LogP contribution is -2.57. The highest BCUT2D eigenvalue weighted by molar-refractivity contribution is 6.00. The number of hydrogen-bond donors (Lipinski definition) is 3. The van der Waals surface area contributed by atoms with Gasteiger partial charge < -0.3 is 30.1 Å². The number of likely N-dealkylation sites (tertiary alicyclic amines) is 3. The van der Waals surface area contributed by atoms with E-state index in [1.807, 2.05) is 88.0 Å². The molecule has 0 aliphatic carbocycles. The molecule has 0 bridgehead atoms. The van der Waals surface area contributed by atoms with E-state index in [0.717, 1.165) is 102 Å². The van der Waals surface area contributed by atoms with Crippen LogP contribution in [0.2, 0.25) is 0 Å². The van der Waals surface area contributed by atoms with E-state index in [4.69, 9.17) is 4.74 Å². The summed E-state index contributed by atoms with van der Waals surface area (Å²) in [6, 6.07) is 23.4. The van der Waals surface area contributed by atoms with Crippen molar-refractivity contribution in [3.05, 3.63) is 111 Å². The number of aromatic nitrogens is 2. The number of rotatable bonds is 12. The fourth-order valence-corrected chi connectivity index (χ4v) is 11.0. The van der Waals surface area contributed by atoms with Crippen LogP contribution in [0.1, 0.15) is 136 Å². The molecule has 5 heterocycles. The second-order valence-electron chi connectivity index (χ2n) is 21.6. The third kappa shape index (κ3) is 11.7. The van der Waals surface area contributed by atoms with E-state index >= 15 is 0 Å². The zero-order valence-corrected chi connectivity index (χ0v) is 43.2. The molecule has 9 rings (SSSR count). The van der Waals surface area contributed by atoms with Gasteiger partial charge in [-0.25, -0.2) is 9.59 Å². The Kier molecular flexibility index (Phi) is 15.1. The number of aryl methyl sites for hydroxylation is 2. The molecule has 0 saturated carbocycles. The van der Waals surface area contributed by atoms with Gasteiger partial charge in [0.05, 0.1) is 23.1 Å². The number of piperidine rings is 3. The van der Waals surface area contributed by atoms with Crippen molar-refractivity contribution in [1.29, 1.82) is 0 Å². The monoisotopic (exact) mass is 991 g/mol. The molecule has 4 fully saturated rings. The van der Waals surface area contributed by atoms with Crippen molar-refractivity contribution in [2.24, 2.45) is 13.0 Å². The molecule has 4 aliphatic rings. The molecular weight excluding hydrogens is 921 g/mol. The average molecular weight is 991 g/mol. The molecule has 15 nitrogen and oxygen atoms in total. The molecule has 5 aromatic rings. The molecule has 3 N–H and O–H groups in total. The number of nitrogens with zero attached hydrogens (tertiary/aromatic N) is 5. The molecule has 4 saturated heterocycles. The molecule has 73 heavy (non-hydrogen) atoms. The Bertz CT molecular complexity index is 3040. The van der Waals surface area contributed by atoms with Crippen LogP contribution in [0.3, 0.4) is 0 Å². The van der Waals surface area contributed by atoms with Crippen LogP contribution in [-0.2, 0) is 26.2 Å². The van der Waals surface area contributed by atoms with Gasteiger partial charge in [-0.2, -0.15) is 0 Å². The van der Waals surface area contributed by atoms with Gasteiger partial charge in [0.2, 0.25) is 17.7 Å². The van der Waals surface area contributed by atoms with E-state index in [2.05, 4.69) is 57.0 Å². The van der Waals surface area contributed by atoms with Gasteiger partial charge in [0.1, 0.15) is 11.6 Å². The number of nitrogens with one attached hydrogen (secondary N) is 3. The van der Waals surface area contributed by atoms with E-state index in [-0.39, 0.29) is 53.9 Å². The summed E-state index contributed by atoms with van der Waals surface area (Å²) < 4.78 is 8.58. The van der Waals surface area contributed by atoms with Crippen LogP contribution in [0.25, 0.3) is 21.8 Å². The van der Waals surface area contributed by atoms with Gasteiger partial charge in [-0.3, -0.25) is 33.6 Å². The third-order valence-electron chi connectivity index (χ3n) is 15.2. The number of carbonyl (C=O) groups is 5. The van der Waals surface area contributed by atoms with Gasteiger partial charge in [0, 0.05) is 68.8 Å². The van der Waals surface area contributed by atoms with Gasteiger partial charge in [-0.15, -0.1) is 0 Å². The number of unbranched alkanes of at least 4 members (excludes halogenated alkanes) is 1. The quantitative estimate of drug-likeness (QED) is 0.0639. The number of imide groups is 1. The lowest BCUT2D eigenvalue weighted by Gasteiger charge is -2.40. The second-order valence-corrected chi connectivity index (χ2v) is 21.6. The minimum atomic E-state index is -0.709. The van der Waals surface area contributed by atoms with Crippen LogP contribution in [-0.4, -0.2) is 111 Å². The van der Waals surface area contributed by atoms with Gasteiger partial charge >= 0.3 is 11.8 Å². The van der Waals surface area contributed by atoms with Crippen molar-refractivity contribution in [3.8, 4) is 11.8 Å². The van der Waals surface area contributed by atoms with Crippen molar-refractivity contribution in [2.45, 2.75) is 122 Å². The SMILES string of the molecule is Cc1ccc(NC2CN(C(=O)OC(C)(C)C)C2)cc1C(=O)NC(C)c1ccc(C#CC2CCN(CCCCC(=O)N3CCC(c4ccc5c(c4)n(C)c(=O)n5C4CCC(=O)NC4=O)CC3)CC2)c2ccccc12. The van der Waals surface area contributed by atoms with E-state index in [0.29, 0.717) is 56.0 Å². The van der Waals surface area contributed by atoms with E-state index in [9.17, 15) is 28.8 Å². The summed E-state index contributed by atoms with van der Waals surface area (Å²) in [5.74, 6) is 7.03. The smallest absolute Gasteiger partial charge is 0.410 e.